The number of nitrogens with one attached hydrogen (secondary N) is 1. The van der Waals surface area contributed by atoms with E-state index in [-0.39, 0.29) is 5.43 Å². The zero-order chi connectivity index (χ0) is 16.6. The minimum absolute atomic E-state index is 0.0705. The maximum Gasteiger partial charge on any atom is 0.189 e. The number of aromatic nitrogens is 1. The number of halogens is 1. The van der Waals surface area contributed by atoms with E-state index in [2.05, 4.69) is 4.98 Å². The average molecular weight is 337 g/mol. The average Bonchev–Trinajstić information content (AvgIpc) is 2.52. The van der Waals surface area contributed by atoms with E-state index in [1.807, 2.05) is 11.8 Å². The first kappa shape index (κ1) is 16.5. The van der Waals surface area contributed by atoms with Crippen molar-refractivity contribution in [2.75, 3.05) is 13.1 Å². The van der Waals surface area contributed by atoms with Crippen LogP contribution in [0.2, 0.25) is 5.02 Å². The van der Waals surface area contributed by atoms with Gasteiger partial charge in [-0.2, -0.15) is 0 Å². The van der Waals surface area contributed by atoms with Crippen molar-refractivity contribution in [3.8, 4) is 0 Å². The summed E-state index contributed by atoms with van der Waals surface area (Å²) in [6.45, 7) is 3.44. The van der Waals surface area contributed by atoms with Crippen molar-refractivity contribution in [3.63, 3.8) is 0 Å². The van der Waals surface area contributed by atoms with Crippen molar-refractivity contribution in [1.29, 1.82) is 0 Å². The molecule has 5 nitrogen and oxygen atoms in total. The molecule has 2 heterocycles. The summed E-state index contributed by atoms with van der Waals surface area (Å²) < 4.78 is 0. The Morgan fingerprint density at radius 1 is 1.48 bits per heavy atom. The second-order valence-electron chi connectivity index (χ2n) is 6.28. The molecule has 0 unspecified atom stereocenters. The van der Waals surface area contributed by atoms with Gasteiger partial charge >= 0.3 is 0 Å². The first-order valence-electron chi connectivity index (χ1n) is 7.86. The number of fused-ring (bicyclic) bond motifs is 1. The van der Waals surface area contributed by atoms with Gasteiger partial charge in [0.2, 0.25) is 0 Å². The summed E-state index contributed by atoms with van der Waals surface area (Å²) in [5.74, 6) is 0. The predicted octanol–water partition coefficient (Wildman–Crippen LogP) is 1.89. The number of rotatable bonds is 3. The van der Waals surface area contributed by atoms with Crippen LogP contribution in [0.5, 0.6) is 0 Å². The first-order chi connectivity index (χ1) is 10.9. The fraction of sp³-hybridized carbons (Fsp3) is 0.471. The number of β-amino-alcohol motifs (C(OH)–C–C–N with tert-alkyl or cyclic N) is 1. The zero-order valence-corrected chi connectivity index (χ0v) is 13.8. The number of nitrogens with zero attached hydrogens (tertiary/aromatic N) is 1. The molecule has 1 aromatic heterocycles. The lowest BCUT2D eigenvalue weighted by atomic mass is 9.86. The number of benzene rings is 1. The molecule has 3 rings (SSSR count). The van der Waals surface area contributed by atoms with Crippen LogP contribution >= 0.6 is 11.6 Å². The van der Waals surface area contributed by atoms with Gasteiger partial charge in [0, 0.05) is 36.8 Å². The maximum atomic E-state index is 12.2. The highest BCUT2D eigenvalue weighted by Gasteiger charge is 2.38. The van der Waals surface area contributed by atoms with E-state index in [1.54, 1.807) is 24.3 Å². The number of likely N-dealkylation sites (tertiary alicyclic amines) is 1. The van der Waals surface area contributed by atoms with Crippen LogP contribution in [-0.2, 0) is 6.54 Å². The summed E-state index contributed by atoms with van der Waals surface area (Å²) in [5.41, 5.74) is 0.319. The van der Waals surface area contributed by atoms with Gasteiger partial charge in [-0.3, -0.25) is 9.69 Å². The Hall–Kier alpha value is -1.40. The van der Waals surface area contributed by atoms with Gasteiger partial charge in [0.15, 0.2) is 5.43 Å². The van der Waals surface area contributed by atoms with Crippen molar-refractivity contribution >= 4 is 22.5 Å². The molecule has 1 aliphatic rings. The highest BCUT2D eigenvalue weighted by atomic mass is 35.5. The van der Waals surface area contributed by atoms with Crippen molar-refractivity contribution in [3.05, 3.63) is 45.2 Å². The SMILES string of the molecule is CC[C@]1(O)CCN(Cc2cc(=O)c3cccc(Cl)c3[nH]2)C[C@@H]1O. The van der Waals surface area contributed by atoms with Crippen LogP contribution in [0.25, 0.3) is 10.9 Å². The summed E-state index contributed by atoms with van der Waals surface area (Å²) >= 11 is 6.17. The Kier molecular flexibility index (Phi) is 4.47. The standard InChI is InChI=1S/C17H21ClN2O3/c1-2-17(23)6-7-20(10-15(17)22)9-11-8-14(21)12-4-3-5-13(18)16(12)19-11/h3-5,8,15,22-23H,2,6-7,9-10H2,1H3,(H,19,21)/t15-,17-/m0/s1. The van der Waals surface area contributed by atoms with E-state index >= 15 is 0 Å². The van der Waals surface area contributed by atoms with Gasteiger partial charge in [-0.05, 0) is 25.0 Å². The zero-order valence-electron chi connectivity index (χ0n) is 13.1. The van der Waals surface area contributed by atoms with Crippen LogP contribution in [0.4, 0.5) is 0 Å². The molecule has 0 saturated carbocycles. The summed E-state index contributed by atoms with van der Waals surface area (Å²) in [6, 6.07) is 6.82. The molecule has 0 radical (unpaired) electrons. The molecular weight excluding hydrogens is 316 g/mol. The minimum Gasteiger partial charge on any atom is -0.389 e. The molecule has 1 aromatic carbocycles. The fourth-order valence-corrected chi connectivity index (χ4v) is 3.42. The Labute approximate surface area is 139 Å². The van der Waals surface area contributed by atoms with Crippen LogP contribution in [0.1, 0.15) is 25.5 Å². The molecule has 0 spiro atoms. The number of piperidine rings is 1. The smallest absolute Gasteiger partial charge is 0.189 e. The molecule has 23 heavy (non-hydrogen) atoms. The molecule has 1 aliphatic heterocycles. The van der Waals surface area contributed by atoms with Crippen molar-refractivity contribution in [2.45, 2.75) is 38.0 Å². The van der Waals surface area contributed by atoms with Crippen LogP contribution in [-0.4, -0.2) is 44.9 Å². The van der Waals surface area contributed by atoms with E-state index in [9.17, 15) is 15.0 Å². The largest absolute Gasteiger partial charge is 0.389 e. The van der Waals surface area contributed by atoms with E-state index in [0.29, 0.717) is 48.4 Å². The lowest BCUT2D eigenvalue weighted by Crippen LogP contribution is -2.54. The number of pyridine rings is 1. The fourth-order valence-electron chi connectivity index (χ4n) is 3.20. The second kappa shape index (κ2) is 6.24. The number of hydrogen-bond acceptors (Lipinski definition) is 4. The molecule has 1 fully saturated rings. The molecule has 2 aromatic rings. The highest BCUT2D eigenvalue weighted by molar-refractivity contribution is 6.35. The third kappa shape index (κ3) is 3.15. The molecule has 2 atom stereocenters. The summed E-state index contributed by atoms with van der Waals surface area (Å²) in [7, 11) is 0. The number of hydrogen-bond donors (Lipinski definition) is 3. The normalized spacial score (nSPS) is 25.8. The second-order valence-corrected chi connectivity index (χ2v) is 6.69. The number of aliphatic hydroxyl groups excluding tert-OH is 1. The van der Waals surface area contributed by atoms with Crippen LogP contribution in [0, 0.1) is 0 Å². The minimum atomic E-state index is -1.00. The lowest BCUT2D eigenvalue weighted by Gasteiger charge is -2.41. The molecule has 6 heteroatoms. The summed E-state index contributed by atoms with van der Waals surface area (Å²) in [4.78, 5) is 17.5. The number of H-pyrrole nitrogens is 1. The number of aliphatic hydroxyl groups is 2. The maximum absolute atomic E-state index is 12.2. The van der Waals surface area contributed by atoms with Crippen LogP contribution in [0.15, 0.2) is 29.1 Å². The molecule has 0 amide bonds. The summed E-state index contributed by atoms with van der Waals surface area (Å²) in [6.07, 6.45) is 0.269. The van der Waals surface area contributed by atoms with E-state index < -0.39 is 11.7 Å². The summed E-state index contributed by atoms with van der Waals surface area (Å²) in [5, 5.41) is 21.5. The van der Waals surface area contributed by atoms with Crippen molar-refractivity contribution in [2.24, 2.45) is 0 Å². The third-order valence-electron chi connectivity index (χ3n) is 4.79. The molecule has 0 aliphatic carbocycles. The van der Waals surface area contributed by atoms with Crippen molar-refractivity contribution in [1.82, 2.24) is 9.88 Å². The first-order valence-corrected chi connectivity index (χ1v) is 8.24. The van der Waals surface area contributed by atoms with Gasteiger partial charge < -0.3 is 15.2 Å². The molecule has 124 valence electrons. The number of aromatic amines is 1. The molecular formula is C17H21ClN2O3. The Bertz CT molecular complexity index is 776. The molecule has 0 bridgehead atoms. The molecule has 3 N–H and O–H groups in total. The molecule has 1 saturated heterocycles. The van der Waals surface area contributed by atoms with Crippen molar-refractivity contribution < 1.29 is 10.2 Å². The van der Waals surface area contributed by atoms with Gasteiger partial charge in [0.05, 0.1) is 22.2 Å². The van der Waals surface area contributed by atoms with E-state index in [0.717, 1.165) is 5.69 Å². The monoisotopic (exact) mass is 336 g/mol. The Morgan fingerprint density at radius 3 is 2.96 bits per heavy atom. The van der Waals surface area contributed by atoms with Crippen LogP contribution in [0.3, 0.4) is 0 Å². The van der Waals surface area contributed by atoms with Gasteiger partial charge in [0.1, 0.15) is 0 Å². The third-order valence-corrected chi connectivity index (χ3v) is 5.10. The van der Waals surface area contributed by atoms with Gasteiger partial charge in [-0.25, -0.2) is 0 Å². The lowest BCUT2D eigenvalue weighted by molar-refractivity contribution is -0.122. The van der Waals surface area contributed by atoms with E-state index in [1.165, 1.54) is 0 Å². The predicted molar refractivity (Wildman–Crippen MR) is 90.7 cm³/mol. The topological polar surface area (TPSA) is 76.6 Å². The van der Waals surface area contributed by atoms with Gasteiger partial charge in [-0.1, -0.05) is 24.6 Å². The Morgan fingerprint density at radius 2 is 2.26 bits per heavy atom. The number of para-hydroxylation sites is 1. The quantitative estimate of drug-likeness (QED) is 0.800. The Balaban J connectivity index is 1.83. The van der Waals surface area contributed by atoms with E-state index in [4.69, 9.17) is 11.6 Å². The highest BCUT2D eigenvalue weighted by Crippen LogP contribution is 2.27. The van der Waals surface area contributed by atoms with Gasteiger partial charge in [0.25, 0.3) is 0 Å². The van der Waals surface area contributed by atoms with Gasteiger partial charge in [-0.15, -0.1) is 0 Å². The van der Waals surface area contributed by atoms with Crippen LogP contribution < -0.4 is 5.43 Å².